The average Bonchev–Trinajstić information content (AvgIpc) is 2.96. The van der Waals surface area contributed by atoms with E-state index in [0.717, 1.165) is 23.5 Å². The molecule has 1 aromatic carbocycles. The molecular weight excluding hydrogens is 252 g/mol. The van der Waals surface area contributed by atoms with Gasteiger partial charge in [-0.3, -0.25) is 0 Å². The van der Waals surface area contributed by atoms with Gasteiger partial charge in [0.2, 0.25) is 0 Å². The Morgan fingerprint density at radius 3 is 2.37 bits per heavy atom. The van der Waals surface area contributed by atoms with Gasteiger partial charge in [-0.15, -0.1) is 11.3 Å². The average molecular weight is 272 g/mol. The molecule has 2 aromatic rings. The Balaban J connectivity index is 1.96. The number of nitrogens with two attached hydrogens (primary N) is 1. The van der Waals surface area contributed by atoms with Gasteiger partial charge in [0.05, 0.1) is 11.2 Å². The fourth-order valence-corrected chi connectivity index (χ4v) is 3.98. The second-order valence-corrected chi connectivity index (χ2v) is 6.64. The van der Waals surface area contributed by atoms with E-state index in [1.54, 1.807) is 11.3 Å². The Morgan fingerprint density at radius 1 is 1.11 bits per heavy atom. The fraction of sp³-hybridized carbons (Fsp3) is 0.438. The van der Waals surface area contributed by atoms with E-state index in [4.69, 9.17) is 10.7 Å². The van der Waals surface area contributed by atoms with Gasteiger partial charge in [-0.1, -0.05) is 30.0 Å². The molecule has 100 valence electrons. The van der Waals surface area contributed by atoms with Crippen molar-refractivity contribution in [3.8, 4) is 11.3 Å². The van der Waals surface area contributed by atoms with Gasteiger partial charge in [-0.2, -0.15) is 0 Å². The zero-order valence-corrected chi connectivity index (χ0v) is 12.4. The largest absolute Gasteiger partial charge is 0.319 e. The van der Waals surface area contributed by atoms with Gasteiger partial charge < -0.3 is 5.73 Å². The van der Waals surface area contributed by atoms with Crippen LogP contribution in [0.15, 0.2) is 23.6 Å². The van der Waals surface area contributed by atoms with Crippen LogP contribution in [0, 0.1) is 13.8 Å². The van der Waals surface area contributed by atoms with Crippen molar-refractivity contribution in [2.45, 2.75) is 45.1 Å². The highest BCUT2D eigenvalue weighted by Crippen LogP contribution is 2.39. The number of benzene rings is 1. The highest BCUT2D eigenvalue weighted by molar-refractivity contribution is 7.10. The van der Waals surface area contributed by atoms with E-state index >= 15 is 0 Å². The molecule has 1 fully saturated rings. The monoisotopic (exact) mass is 272 g/mol. The van der Waals surface area contributed by atoms with Gasteiger partial charge >= 0.3 is 0 Å². The van der Waals surface area contributed by atoms with Crippen molar-refractivity contribution in [2.24, 2.45) is 5.73 Å². The minimum Gasteiger partial charge on any atom is -0.319 e. The van der Waals surface area contributed by atoms with Crippen LogP contribution >= 0.6 is 11.3 Å². The second kappa shape index (κ2) is 4.73. The topological polar surface area (TPSA) is 38.9 Å². The maximum Gasteiger partial charge on any atom is 0.113 e. The molecule has 0 unspecified atom stereocenters. The Bertz CT molecular complexity index is 574. The van der Waals surface area contributed by atoms with E-state index in [-0.39, 0.29) is 5.54 Å². The summed E-state index contributed by atoms with van der Waals surface area (Å²) in [4.78, 5) is 4.81. The number of thiazole rings is 1. The molecule has 1 aromatic heterocycles. The summed E-state index contributed by atoms with van der Waals surface area (Å²) in [5.74, 6) is 0. The van der Waals surface area contributed by atoms with Gasteiger partial charge in [0.25, 0.3) is 0 Å². The van der Waals surface area contributed by atoms with Crippen LogP contribution in [0.3, 0.4) is 0 Å². The number of nitrogens with zero attached hydrogens (tertiary/aromatic N) is 1. The molecule has 3 heteroatoms. The Hall–Kier alpha value is -1.19. The first-order chi connectivity index (χ1) is 9.07. The zero-order chi connectivity index (χ0) is 13.5. The minimum absolute atomic E-state index is 0.165. The van der Waals surface area contributed by atoms with Gasteiger partial charge in [0.15, 0.2) is 0 Å². The SMILES string of the molecule is Cc1cc(C)cc(-c2csc(C3(N)CCCC3)n2)c1. The summed E-state index contributed by atoms with van der Waals surface area (Å²) in [7, 11) is 0. The first-order valence-electron chi connectivity index (χ1n) is 6.90. The Morgan fingerprint density at radius 2 is 1.74 bits per heavy atom. The summed E-state index contributed by atoms with van der Waals surface area (Å²) in [5.41, 5.74) is 11.2. The molecule has 2 N–H and O–H groups in total. The van der Waals surface area contributed by atoms with Crippen LogP contribution in [-0.4, -0.2) is 4.98 Å². The molecule has 0 aliphatic heterocycles. The Kier molecular flexibility index (Phi) is 3.19. The highest BCUT2D eigenvalue weighted by atomic mass is 32.1. The molecule has 0 bridgehead atoms. The number of aromatic nitrogens is 1. The summed E-state index contributed by atoms with van der Waals surface area (Å²) >= 11 is 1.72. The van der Waals surface area contributed by atoms with Crippen LogP contribution in [0.1, 0.15) is 41.8 Å². The van der Waals surface area contributed by atoms with Crippen LogP contribution in [0.2, 0.25) is 0 Å². The van der Waals surface area contributed by atoms with Crippen molar-refractivity contribution in [1.29, 1.82) is 0 Å². The molecule has 0 amide bonds. The van der Waals surface area contributed by atoms with E-state index in [0.29, 0.717) is 0 Å². The maximum atomic E-state index is 6.48. The lowest BCUT2D eigenvalue weighted by Crippen LogP contribution is -2.32. The van der Waals surface area contributed by atoms with Gasteiger partial charge in [-0.05, 0) is 38.8 Å². The molecular formula is C16H20N2S. The summed E-state index contributed by atoms with van der Waals surface area (Å²) < 4.78 is 0. The van der Waals surface area contributed by atoms with Gasteiger partial charge in [-0.25, -0.2) is 4.98 Å². The van der Waals surface area contributed by atoms with Gasteiger partial charge in [0.1, 0.15) is 5.01 Å². The van der Waals surface area contributed by atoms with Crippen molar-refractivity contribution in [3.05, 3.63) is 39.7 Å². The molecule has 2 nitrogen and oxygen atoms in total. The highest BCUT2D eigenvalue weighted by Gasteiger charge is 2.34. The normalized spacial score (nSPS) is 17.8. The first kappa shape index (κ1) is 12.8. The molecule has 3 rings (SSSR count). The molecule has 19 heavy (non-hydrogen) atoms. The lowest BCUT2D eigenvalue weighted by molar-refractivity contribution is 0.459. The minimum atomic E-state index is -0.165. The second-order valence-electron chi connectivity index (χ2n) is 5.78. The third-order valence-electron chi connectivity index (χ3n) is 3.94. The van der Waals surface area contributed by atoms with Crippen LogP contribution in [0.4, 0.5) is 0 Å². The van der Waals surface area contributed by atoms with Crippen molar-refractivity contribution in [1.82, 2.24) is 4.98 Å². The third-order valence-corrected chi connectivity index (χ3v) is 5.01. The summed E-state index contributed by atoms with van der Waals surface area (Å²) in [6.07, 6.45) is 4.61. The van der Waals surface area contributed by atoms with Crippen molar-refractivity contribution < 1.29 is 0 Å². The quantitative estimate of drug-likeness (QED) is 0.891. The van der Waals surface area contributed by atoms with Gasteiger partial charge in [0, 0.05) is 10.9 Å². The predicted molar refractivity (Wildman–Crippen MR) is 81.4 cm³/mol. The zero-order valence-electron chi connectivity index (χ0n) is 11.6. The summed E-state index contributed by atoms with van der Waals surface area (Å²) in [5, 5.41) is 3.26. The van der Waals surface area contributed by atoms with Crippen molar-refractivity contribution in [2.75, 3.05) is 0 Å². The molecule has 1 heterocycles. The van der Waals surface area contributed by atoms with Crippen LogP contribution < -0.4 is 5.73 Å². The number of hydrogen-bond donors (Lipinski definition) is 1. The lowest BCUT2D eigenvalue weighted by atomic mass is 10.0. The van der Waals surface area contributed by atoms with Crippen LogP contribution in [-0.2, 0) is 5.54 Å². The molecule has 0 atom stereocenters. The molecule has 0 radical (unpaired) electrons. The van der Waals surface area contributed by atoms with E-state index in [9.17, 15) is 0 Å². The lowest BCUT2D eigenvalue weighted by Gasteiger charge is -2.19. The fourth-order valence-electron chi connectivity index (χ4n) is 2.98. The van der Waals surface area contributed by atoms with Crippen molar-refractivity contribution in [3.63, 3.8) is 0 Å². The third kappa shape index (κ3) is 2.45. The molecule has 0 saturated heterocycles. The standard InChI is InChI=1S/C16H20N2S/c1-11-7-12(2)9-13(8-11)14-10-19-15(18-14)16(17)5-3-4-6-16/h7-10H,3-6,17H2,1-2H3. The predicted octanol–water partition coefficient (Wildman–Crippen LogP) is 4.15. The van der Waals surface area contributed by atoms with E-state index < -0.39 is 0 Å². The van der Waals surface area contributed by atoms with E-state index in [1.807, 2.05) is 0 Å². The molecule has 1 saturated carbocycles. The number of hydrogen-bond acceptors (Lipinski definition) is 3. The summed E-state index contributed by atoms with van der Waals surface area (Å²) in [6, 6.07) is 6.59. The maximum absolute atomic E-state index is 6.48. The van der Waals surface area contributed by atoms with Crippen molar-refractivity contribution >= 4 is 11.3 Å². The molecule has 1 aliphatic rings. The van der Waals surface area contributed by atoms with Crippen LogP contribution in [0.5, 0.6) is 0 Å². The molecule has 1 aliphatic carbocycles. The Labute approximate surface area is 118 Å². The van der Waals surface area contributed by atoms with E-state index in [2.05, 4.69) is 37.4 Å². The number of rotatable bonds is 2. The van der Waals surface area contributed by atoms with Crippen LogP contribution in [0.25, 0.3) is 11.3 Å². The molecule has 0 spiro atoms. The first-order valence-corrected chi connectivity index (χ1v) is 7.78. The summed E-state index contributed by atoms with van der Waals surface area (Å²) in [6.45, 7) is 4.26. The number of aryl methyl sites for hydroxylation is 2. The van der Waals surface area contributed by atoms with E-state index in [1.165, 1.54) is 29.5 Å². The smallest absolute Gasteiger partial charge is 0.113 e.